The molecule has 5 rings (SSSR count). The highest BCUT2D eigenvalue weighted by Gasteiger charge is 2.37. The van der Waals surface area contributed by atoms with E-state index in [9.17, 15) is 14.0 Å². The number of carbonyl (C=O) groups excluding carboxylic acids is 2. The number of amides is 2. The van der Waals surface area contributed by atoms with Gasteiger partial charge in [0.2, 0.25) is 5.91 Å². The fourth-order valence-corrected chi connectivity index (χ4v) is 5.74. The van der Waals surface area contributed by atoms with E-state index in [2.05, 4.69) is 9.89 Å². The van der Waals surface area contributed by atoms with Crippen LogP contribution in [0.15, 0.2) is 64.4 Å². The van der Waals surface area contributed by atoms with Crippen LogP contribution in [-0.4, -0.2) is 103 Å². The summed E-state index contributed by atoms with van der Waals surface area (Å²) >= 11 is 0. The third kappa shape index (κ3) is 5.52. The van der Waals surface area contributed by atoms with Crippen molar-refractivity contribution in [2.24, 2.45) is 10.9 Å². The lowest BCUT2D eigenvalue weighted by molar-refractivity contribution is -0.131. The topological polar surface area (TPSA) is 77.9 Å². The lowest BCUT2D eigenvalue weighted by Gasteiger charge is -2.42. The van der Waals surface area contributed by atoms with E-state index >= 15 is 0 Å². The molecule has 5 heterocycles. The molecule has 0 radical (unpaired) electrons. The van der Waals surface area contributed by atoms with Crippen molar-refractivity contribution in [3.05, 3.63) is 59.4 Å². The molecule has 2 amide bonds. The van der Waals surface area contributed by atoms with Crippen LogP contribution in [0.3, 0.4) is 0 Å². The molecule has 0 N–H and O–H groups in total. The van der Waals surface area contributed by atoms with Crippen molar-refractivity contribution in [3.63, 3.8) is 0 Å². The Hall–Kier alpha value is -3.40. The van der Waals surface area contributed by atoms with Gasteiger partial charge in [0.15, 0.2) is 11.6 Å². The first-order chi connectivity index (χ1) is 18.8. The Morgan fingerprint density at radius 2 is 2.08 bits per heavy atom. The monoisotopic (exact) mass is 539 g/mol. The molecule has 0 aliphatic carbocycles. The van der Waals surface area contributed by atoms with Gasteiger partial charge in [0.1, 0.15) is 18.1 Å². The summed E-state index contributed by atoms with van der Waals surface area (Å²) < 4.78 is 26.4. The first-order valence-electron chi connectivity index (χ1n) is 13.9. The van der Waals surface area contributed by atoms with E-state index in [1.165, 1.54) is 0 Å². The van der Waals surface area contributed by atoms with Crippen molar-refractivity contribution in [3.8, 4) is 0 Å². The average Bonchev–Trinajstić information content (AvgIpc) is 3.09. The number of likely N-dealkylation sites (N-methyl/N-ethyl adjacent to an activating group) is 1. The molecule has 9 nitrogen and oxygen atoms in total. The maximum Gasteiger partial charge on any atom is 0.251 e. The Kier molecular flexibility index (Phi) is 7.93. The first-order valence-corrected chi connectivity index (χ1v) is 13.9. The number of amidine groups is 1. The Morgan fingerprint density at radius 3 is 2.82 bits per heavy atom. The summed E-state index contributed by atoms with van der Waals surface area (Å²) in [4.78, 5) is 38.7. The summed E-state index contributed by atoms with van der Waals surface area (Å²) in [5, 5.41) is 0. The number of piperidine rings is 1. The lowest BCUT2D eigenvalue weighted by Crippen LogP contribution is -2.47. The molecule has 0 aromatic rings. The van der Waals surface area contributed by atoms with Gasteiger partial charge in [-0.1, -0.05) is 12.2 Å². The number of halogens is 1. The number of allylic oxidation sites excluding steroid dienone is 4. The molecule has 5 aliphatic heterocycles. The fraction of sp³-hybridized carbons (Fsp3) is 0.552. The number of carbonyl (C=O) groups is 2. The van der Waals surface area contributed by atoms with E-state index in [0.29, 0.717) is 89.0 Å². The molecule has 1 fully saturated rings. The maximum atomic E-state index is 14.8. The normalized spacial score (nSPS) is 25.1. The van der Waals surface area contributed by atoms with Gasteiger partial charge in [-0.05, 0) is 32.4 Å². The smallest absolute Gasteiger partial charge is 0.251 e. The quantitative estimate of drug-likeness (QED) is 0.483. The van der Waals surface area contributed by atoms with Crippen LogP contribution in [0.2, 0.25) is 0 Å². The summed E-state index contributed by atoms with van der Waals surface area (Å²) in [5.74, 6) is 1.85. The van der Waals surface area contributed by atoms with Crippen LogP contribution in [0, 0.1) is 5.92 Å². The highest BCUT2D eigenvalue weighted by atomic mass is 19.1. The minimum atomic E-state index is -1.33. The second kappa shape index (κ2) is 11.4. The van der Waals surface area contributed by atoms with Crippen molar-refractivity contribution in [1.29, 1.82) is 0 Å². The van der Waals surface area contributed by atoms with Crippen LogP contribution >= 0.6 is 0 Å². The SMILES string of the molecule is C/C=C/C1(F)CCN(C(=O)C2=CC3=C(N(C)C2)N(C2=CC4=NCCC(COCC)C(=O)N4C=C2)CCO3)CC1. The maximum absolute atomic E-state index is 14.8. The number of alkyl halides is 1. The molecule has 39 heavy (non-hydrogen) atoms. The van der Waals surface area contributed by atoms with Crippen molar-refractivity contribution in [2.45, 2.75) is 38.8 Å². The number of ether oxygens (including phenoxy) is 2. The number of aliphatic imine (C=N–C) groups is 1. The van der Waals surface area contributed by atoms with Gasteiger partial charge < -0.3 is 24.2 Å². The second-order valence-electron chi connectivity index (χ2n) is 10.5. The number of likely N-dealkylation sites (tertiary alicyclic amines) is 1. The van der Waals surface area contributed by atoms with Gasteiger partial charge in [0, 0.05) is 76.2 Å². The van der Waals surface area contributed by atoms with Gasteiger partial charge in [0.25, 0.3) is 5.91 Å². The standard InChI is InChI=1S/C29H38FN5O4/c1-4-8-29(30)9-13-33(14-10-29)27(36)22-17-24-26(32(3)19-22)34(15-16-39-24)23-7-12-35-25(18-23)31-11-6-21(28(35)37)20-38-5-2/h4,7-8,12,17-18,21H,5-6,9-11,13-16,19-20H2,1-3H3/b8-4+. The van der Waals surface area contributed by atoms with Crippen LogP contribution in [0.25, 0.3) is 0 Å². The number of fused-ring (bicyclic) bond motifs is 1. The molecule has 10 heteroatoms. The molecule has 1 saturated heterocycles. The molecule has 0 spiro atoms. The van der Waals surface area contributed by atoms with Crippen molar-refractivity contribution in [1.82, 2.24) is 19.6 Å². The van der Waals surface area contributed by atoms with Crippen LogP contribution in [0.5, 0.6) is 0 Å². The predicted octanol–water partition coefficient (Wildman–Crippen LogP) is 2.96. The van der Waals surface area contributed by atoms with Crippen molar-refractivity contribution >= 4 is 17.6 Å². The number of hydrogen-bond donors (Lipinski definition) is 0. The van der Waals surface area contributed by atoms with E-state index in [0.717, 1.165) is 11.5 Å². The minimum Gasteiger partial charge on any atom is -0.488 e. The van der Waals surface area contributed by atoms with Crippen molar-refractivity contribution < 1.29 is 23.5 Å². The van der Waals surface area contributed by atoms with Crippen molar-refractivity contribution in [2.75, 3.05) is 59.6 Å². The van der Waals surface area contributed by atoms with Gasteiger partial charge in [-0.15, -0.1) is 0 Å². The summed E-state index contributed by atoms with van der Waals surface area (Å²) in [7, 11) is 1.94. The number of nitrogens with zero attached hydrogens (tertiary/aromatic N) is 5. The zero-order valence-corrected chi connectivity index (χ0v) is 23.1. The Bertz CT molecular complexity index is 1180. The summed E-state index contributed by atoms with van der Waals surface area (Å²) in [6, 6.07) is 0. The molecular formula is C29H38FN5O4. The van der Waals surface area contributed by atoms with E-state index < -0.39 is 5.67 Å². The summed E-state index contributed by atoms with van der Waals surface area (Å²) in [6.07, 6.45) is 12.1. The largest absolute Gasteiger partial charge is 0.488 e. The van der Waals surface area contributed by atoms with Crippen LogP contribution in [-0.2, 0) is 19.1 Å². The predicted molar refractivity (Wildman–Crippen MR) is 146 cm³/mol. The summed E-state index contributed by atoms with van der Waals surface area (Å²) in [5.41, 5.74) is 0.208. The van der Waals surface area contributed by atoms with Crippen LogP contribution in [0.1, 0.15) is 33.1 Å². The number of hydrogen-bond acceptors (Lipinski definition) is 7. The molecule has 0 bridgehead atoms. The van der Waals surface area contributed by atoms with Gasteiger partial charge in [-0.25, -0.2) is 4.39 Å². The molecule has 0 aromatic heterocycles. The van der Waals surface area contributed by atoms with E-state index in [4.69, 9.17) is 9.47 Å². The molecule has 0 saturated carbocycles. The first kappa shape index (κ1) is 27.2. The minimum absolute atomic E-state index is 0.00225. The van der Waals surface area contributed by atoms with Gasteiger partial charge in [-0.3, -0.25) is 19.5 Å². The molecule has 1 atom stereocenters. The Morgan fingerprint density at radius 1 is 1.28 bits per heavy atom. The van der Waals surface area contributed by atoms with Gasteiger partial charge in [0.05, 0.1) is 19.1 Å². The molecule has 0 aromatic carbocycles. The lowest BCUT2D eigenvalue weighted by atomic mass is 9.92. The average molecular weight is 540 g/mol. The molecule has 1 unspecified atom stereocenters. The fourth-order valence-electron chi connectivity index (χ4n) is 5.74. The zero-order chi connectivity index (χ0) is 27.6. The second-order valence-corrected chi connectivity index (χ2v) is 10.5. The molecular weight excluding hydrogens is 501 g/mol. The number of rotatable bonds is 6. The Labute approximate surface area is 229 Å². The van der Waals surface area contributed by atoms with Gasteiger partial charge in [-0.2, -0.15) is 0 Å². The molecule has 5 aliphatic rings. The van der Waals surface area contributed by atoms with Crippen LogP contribution in [0.4, 0.5) is 4.39 Å². The van der Waals surface area contributed by atoms with Crippen LogP contribution < -0.4 is 0 Å². The highest BCUT2D eigenvalue weighted by Crippen LogP contribution is 2.33. The van der Waals surface area contributed by atoms with E-state index in [-0.39, 0.29) is 17.7 Å². The highest BCUT2D eigenvalue weighted by molar-refractivity contribution is 6.07. The third-order valence-electron chi connectivity index (χ3n) is 7.84. The van der Waals surface area contributed by atoms with Gasteiger partial charge >= 0.3 is 0 Å². The van der Waals surface area contributed by atoms with E-state index in [1.54, 1.807) is 28.2 Å². The Balaban J connectivity index is 1.33. The van der Waals surface area contributed by atoms with E-state index in [1.807, 2.05) is 44.0 Å². The molecule has 210 valence electrons. The summed E-state index contributed by atoms with van der Waals surface area (Å²) in [6.45, 7) is 7.57. The zero-order valence-electron chi connectivity index (χ0n) is 23.1. The third-order valence-corrected chi connectivity index (χ3v) is 7.84.